The number of hydrogen-bond donors (Lipinski definition) is 11. The van der Waals surface area contributed by atoms with E-state index in [1.165, 1.54) is 13.8 Å². The number of aromatic nitrogens is 5. The van der Waals surface area contributed by atoms with Crippen molar-refractivity contribution < 1.29 is 105 Å². The van der Waals surface area contributed by atoms with Gasteiger partial charge in [-0.15, -0.1) is 0 Å². The van der Waals surface area contributed by atoms with Gasteiger partial charge in [-0.3, -0.25) is 32.5 Å². The summed E-state index contributed by atoms with van der Waals surface area (Å²) in [5.74, 6) is -1.79. The summed E-state index contributed by atoms with van der Waals surface area (Å²) in [5.41, 5.74) is 5.40. The maximum absolute atomic E-state index is 12.9. The van der Waals surface area contributed by atoms with Gasteiger partial charge in [-0.05, 0) is 32.8 Å². The molecule has 2 aliphatic heterocycles. The number of imidazole rings is 1. The number of amides is 2. The van der Waals surface area contributed by atoms with Crippen molar-refractivity contribution in [3.8, 4) is 0 Å². The molecule has 0 aliphatic carbocycles. The Labute approximate surface area is 443 Å². The van der Waals surface area contributed by atoms with Crippen LogP contribution in [0, 0.1) is 5.41 Å². The number of H-pyrrole nitrogens is 1. The number of carbonyl (C=O) groups excluding carboxylic acids is 4. The van der Waals surface area contributed by atoms with E-state index >= 15 is 0 Å². The molecule has 6 rings (SSSR count). The zero-order chi connectivity index (χ0) is 56.5. The lowest BCUT2D eigenvalue weighted by Crippen LogP contribution is -2.49. The first-order chi connectivity index (χ1) is 36.1. The van der Waals surface area contributed by atoms with Gasteiger partial charge in [0.25, 0.3) is 0 Å². The molecule has 12 atom stereocenters. The van der Waals surface area contributed by atoms with Gasteiger partial charge in [-0.1, -0.05) is 50.2 Å². The Balaban J connectivity index is 0.815. The minimum atomic E-state index is -5.61. The van der Waals surface area contributed by atoms with Crippen LogP contribution in [0.2, 0.25) is 0 Å². The van der Waals surface area contributed by atoms with Gasteiger partial charge in [0.15, 0.2) is 29.1 Å². The molecule has 2 saturated heterocycles. The Kier molecular flexibility index (Phi) is 21.5. The molecular formula is C43H63N8O22P3S. The molecule has 4 aromatic rings. The van der Waals surface area contributed by atoms with E-state index < -0.39 is 115 Å². The number of anilines is 1. The quantitative estimate of drug-likeness (QED) is 0.0219. The molecule has 5 heterocycles. The number of rotatable bonds is 28. The topological polar surface area (TPSA) is 444 Å². The maximum Gasteiger partial charge on any atom is 0.481 e. The molecule has 2 aliphatic rings. The van der Waals surface area contributed by atoms with Gasteiger partial charge in [0, 0.05) is 60.6 Å². The standard InChI is InChI=1S/C43H63N8O22P3S/c1-23(68-42-28(52)17-29(24(2)69-42)71-41(58)26-18-47-27-11-7-6-10-25(26)27)9-5-8-12-32(54)77-16-15-45-31(53)13-14-46-39(57)36(56)43(3,4)20-67-76(64,65)73-75(62,63)66-19-30-35(72-74(59,60)61)34(55)40(70-30)51-22-50-33-37(44)48-21-49-38(33)51/h6-7,10-11,18,21-24,28-30,34-36,40,42,47,52,55-56H,5,8-9,12-17,19-20H2,1-4H3,(H,45,53)(H,46,57)(H,62,63)(H,64,65)(H2,44,48,49)(H2,59,60,61)/t23-,24+,28-,29-,30-,34-,35-,36+,40-,42-/m1/s1. The first kappa shape index (κ1) is 61.9. The number of hydrogen-bond acceptors (Lipinski definition) is 23. The molecule has 2 amide bonds. The predicted octanol–water partition coefficient (Wildman–Crippen LogP) is 1.83. The fraction of sp³-hybridized carbons (Fsp3) is 0.605. The molecule has 77 heavy (non-hydrogen) atoms. The number of phosphoric ester groups is 3. The van der Waals surface area contributed by atoms with E-state index in [0.717, 1.165) is 39.9 Å². The van der Waals surface area contributed by atoms with Gasteiger partial charge in [-0.25, -0.2) is 33.4 Å². The van der Waals surface area contributed by atoms with Crippen LogP contribution in [-0.4, -0.2) is 169 Å². The number of nitrogens with zero attached hydrogens (tertiary/aromatic N) is 4. The summed E-state index contributed by atoms with van der Waals surface area (Å²) in [5, 5.41) is 38.0. The number of nitrogens with one attached hydrogen (secondary N) is 3. The molecular weight excluding hydrogens is 1110 g/mol. The largest absolute Gasteiger partial charge is 0.481 e. The highest BCUT2D eigenvalue weighted by Gasteiger charge is 2.50. The number of nitrogens with two attached hydrogens (primary N) is 1. The fourth-order valence-electron chi connectivity index (χ4n) is 8.00. The molecule has 428 valence electrons. The SMILES string of the molecule is C[C@H](CCCCC(=O)SCCNC(=O)CCNC(=O)[C@H](O)C(C)(C)COP(=O)(O)OP(=O)(O)OC[C@H]1O[C@@H](n2cnc3c(N)ncnc32)[C@H](O)[C@@H]1OP(=O)(O)O)O[C@@H]1O[C@@H](C)[C@H](OC(=O)c2c[nH]c3ccccc23)C[C@H]1O. The third-order valence-corrected chi connectivity index (χ3v) is 16.1. The summed E-state index contributed by atoms with van der Waals surface area (Å²) in [6.45, 7) is 3.89. The van der Waals surface area contributed by atoms with Crippen LogP contribution in [0.1, 0.15) is 82.8 Å². The van der Waals surface area contributed by atoms with Crippen molar-refractivity contribution in [2.45, 2.75) is 128 Å². The van der Waals surface area contributed by atoms with Crippen LogP contribution in [0.3, 0.4) is 0 Å². The summed E-state index contributed by atoms with van der Waals surface area (Å²) in [6, 6.07) is 7.34. The van der Waals surface area contributed by atoms with Crippen LogP contribution in [0.4, 0.5) is 5.82 Å². The van der Waals surface area contributed by atoms with Gasteiger partial charge in [0.1, 0.15) is 48.5 Å². The smallest absolute Gasteiger partial charge is 0.456 e. The van der Waals surface area contributed by atoms with Crippen LogP contribution in [0.5, 0.6) is 0 Å². The number of benzene rings is 1. The Hall–Kier alpha value is -4.33. The summed E-state index contributed by atoms with van der Waals surface area (Å²) >= 11 is 1.04. The lowest BCUT2D eigenvalue weighted by Gasteiger charge is -2.38. The van der Waals surface area contributed by atoms with Gasteiger partial charge >= 0.3 is 29.4 Å². The summed E-state index contributed by atoms with van der Waals surface area (Å²) in [7, 11) is -16.5. The number of nitrogen functional groups attached to an aromatic ring is 1. The lowest BCUT2D eigenvalue weighted by atomic mass is 9.87. The maximum atomic E-state index is 12.9. The number of fused-ring (bicyclic) bond motifs is 2. The van der Waals surface area contributed by atoms with Gasteiger partial charge in [0.05, 0.1) is 37.3 Å². The average Bonchev–Trinajstić information content (AvgIpc) is 4.08. The Morgan fingerprint density at radius 2 is 1.71 bits per heavy atom. The number of aliphatic hydroxyl groups excluding tert-OH is 3. The van der Waals surface area contributed by atoms with Gasteiger partial charge < -0.3 is 75.2 Å². The number of unbranched alkanes of at least 4 members (excludes halogenated alkanes) is 1. The molecule has 0 bridgehead atoms. The minimum absolute atomic E-state index is 0.0188. The lowest BCUT2D eigenvalue weighted by molar-refractivity contribution is -0.273. The number of para-hydroxylation sites is 1. The van der Waals surface area contributed by atoms with Crippen LogP contribution in [-0.2, 0) is 64.9 Å². The normalized spacial score (nSPS) is 24.5. The number of ether oxygens (including phenoxy) is 4. The molecule has 0 radical (unpaired) electrons. The highest BCUT2D eigenvalue weighted by atomic mass is 32.2. The molecule has 30 nitrogen and oxygen atoms in total. The third kappa shape index (κ3) is 17.6. The monoisotopic (exact) mass is 1170 g/mol. The third-order valence-electron chi connectivity index (χ3n) is 12.1. The number of aliphatic hydroxyl groups is 3. The number of esters is 1. The van der Waals surface area contributed by atoms with Crippen molar-refractivity contribution in [1.29, 1.82) is 0 Å². The van der Waals surface area contributed by atoms with Crippen molar-refractivity contribution in [3.05, 3.63) is 48.7 Å². The second-order valence-corrected chi connectivity index (χ2v) is 24.1. The summed E-state index contributed by atoms with van der Waals surface area (Å²) in [4.78, 5) is 105. The van der Waals surface area contributed by atoms with Crippen LogP contribution in [0.15, 0.2) is 43.1 Å². The predicted molar refractivity (Wildman–Crippen MR) is 269 cm³/mol. The second-order valence-electron chi connectivity index (χ2n) is 18.7. The number of phosphoric acid groups is 3. The molecule has 12 N–H and O–H groups in total. The van der Waals surface area contributed by atoms with E-state index in [1.807, 2.05) is 31.2 Å². The van der Waals surface area contributed by atoms with E-state index in [1.54, 1.807) is 13.1 Å². The fourth-order valence-corrected chi connectivity index (χ4v) is 11.6. The zero-order valence-corrected chi connectivity index (χ0v) is 45.5. The number of thioether (sulfide) groups is 1. The Morgan fingerprint density at radius 1 is 0.987 bits per heavy atom. The van der Waals surface area contributed by atoms with E-state index in [4.69, 9.17) is 33.7 Å². The van der Waals surface area contributed by atoms with Crippen LogP contribution < -0.4 is 16.4 Å². The first-order valence-electron chi connectivity index (χ1n) is 23.9. The van der Waals surface area contributed by atoms with Crippen molar-refractivity contribution in [3.63, 3.8) is 0 Å². The van der Waals surface area contributed by atoms with E-state index in [0.29, 0.717) is 24.8 Å². The molecule has 0 spiro atoms. The highest BCUT2D eigenvalue weighted by Crippen LogP contribution is 2.61. The summed E-state index contributed by atoms with van der Waals surface area (Å²) in [6.07, 6.45) is -6.80. The molecule has 34 heteroatoms. The van der Waals surface area contributed by atoms with Crippen molar-refractivity contribution >= 4 is 86.0 Å². The number of carbonyl (C=O) groups is 4. The first-order valence-corrected chi connectivity index (χ1v) is 29.4. The number of aromatic amines is 1. The average molecular weight is 1170 g/mol. The Bertz CT molecular complexity index is 2840. The molecule has 2 fully saturated rings. The van der Waals surface area contributed by atoms with Gasteiger partial charge in [-0.2, -0.15) is 4.31 Å². The van der Waals surface area contributed by atoms with Gasteiger partial charge in [0.2, 0.25) is 11.8 Å². The van der Waals surface area contributed by atoms with E-state index in [-0.39, 0.29) is 66.3 Å². The van der Waals surface area contributed by atoms with E-state index in [2.05, 4.69) is 39.4 Å². The molecule has 2 unspecified atom stereocenters. The van der Waals surface area contributed by atoms with Crippen LogP contribution >= 0.6 is 35.2 Å². The molecule has 0 saturated carbocycles. The molecule has 3 aromatic heterocycles. The minimum Gasteiger partial charge on any atom is -0.456 e. The Morgan fingerprint density at radius 3 is 2.45 bits per heavy atom. The second kappa shape index (κ2) is 26.8. The van der Waals surface area contributed by atoms with Crippen LogP contribution in [0.25, 0.3) is 22.1 Å². The van der Waals surface area contributed by atoms with Crippen molar-refractivity contribution in [1.82, 2.24) is 35.1 Å². The molecule has 1 aromatic carbocycles. The summed E-state index contributed by atoms with van der Waals surface area (Å²) < 4.78 is 80.1. The zero-order valence-electron chi connectivity index (χ0n) is 42.0. The van der Waals surface area contributed by atoms with E-state index in [9.17, 15) is 67.8 Å². The van der Waals surface area contributed by atoms with Crippen molar-refractivity contribution in [2.75, 3.05) is 37.8 Å². The highest BCUT2D eigenvalue weighted by molar-refractivity contribution is 8.13. The van der Waals surface area contributed by atoms with Crippen molar-refractivity contribution in [2.24, 2.45) is 5.41 Å².